The van der Waals surface area contributed by atoms with Gasteiger partial charge in [0.05, 0.1) is 25.7 Å². The van der Waals surface area contributed by atoms with E-state index in [2.05, 4.69) is 9.47 Å². The minimum absolute atomic E-state index is 0.0144. The predicted octanol–water partition coefficient (Wildman–Crippen LogP) is 2.03. The molecule has 0 aliphatic rings. The number of halogens is 3. The fraction of sp³-hybridized carbons (Fsp3) is 0.429. The molecule has 0 aliphatic heterocycles. The summed E-state index contributed by atoms with van der Waals surface area (Å²) in [5.41, 5.74) is -0.945. The summed E-state index contributed by atoms with van der Waals surface area (Å²) in [6, 6.07) is 3.40. The molecule has 0 spiro atoms. The van der Waals surface area contributed by atoms with Gasteiger partial charge in [0.15, 0.2) is 5.92 Å². The SMILES string of the molecule is COC(=O)C(C(=O)OC)C(C[N+](=O)[O-])c1ccc(C(F)(F)F)cc1. The summed E-state index contributed by atoms with van der Waals surface area (Å²) >= 11 is 0. The first-order chi connectivity index (χ1) is 11.1. The molecule has 0 aromatic heterocycles. The Bertz CT molecular complexity index is 598. The second-order valence-electron chi connectivity index (χ2n) is 4.77. The molecule has 1 rings (SSSR count). The second-order valence-corrected chi connectivity index (χ2v) is 4.77. The van der Waals surface area contributed by atoms with Gasteiger partial charge in [0.25, 0.3) is 0 Å². The summed E-state index contributed by atoms with van der Waals surface area (Å²) in [6.45, 7) is -0.861. The van der Waals surface area contributed by atoms with Gasteiger partial charge in [0.1, 0.15) is 0 Å². The van der Waals surface area contributed by atoms with Crippen LogP contribution < -0.4 is 0 Å². The molecule has 0 radical (unpaired) electrons. The number of esters is 2. The van der Waals surface area contributed by atoms with Crippen molar-refractivity contribution in [1.82, 2.24) is 0 Å². The van der Waals surface area contributed by atoms with E-state index < -0.39 is 47.0 Å². The van der Waals surface area contributed by atoms with Crippen LogP contribution in [0, 0.1) is 16.0 Å². The van der Waals surface area contributed by atoms with Crippen LogP contribution in [0.2, 0.25) is 0 Å². The van der Waals surface area contributed by atoms with E-state index in [0.717, 1.165) is 26.4 Å². The van der Waals surface area contributed by atoms with E-state index in [1.165, 1.54) is 0 Å². The molecular formula is C14H14F3NO6. The molecule has 1 aromatic carbocycles. The van der Waals surface area contributed by atoms with Crippen molar-refractivity contribution in [2.24, 2.45) is 5.92 Å². The number of benzene rings is 1. The zero-order valence-corrected chi connectivity index (χ0v) is 12.7. The number of carbonyl (C=O) groups is 2. The zero-order chi connectivity index (χ0) is 18.5. The minimum Gasteiger partial charge on any atom is -0.468 e. The number of methoxy groups -OCH3 is 2. The average molecular weight is 349 g/mol. The molecule has 0 amide bonds. The molecular weight excluding hydrogens is 335 g/mol. The van der Waals surface area contributed by atoms with Crippen LogP contribution in [0.25, 0.3) is 0 Å². The van der Waals surface area contributed by atoms with Crippen LogP contribution in [0.5, 0.6) is 0 Å². The lowest BCUT2D eigenvalue weighted by Crippen LogP contribution is -2.35. The van der Waals surface area contributed by atoms with Crippen molar-refractivity contribution in [1.29, 1.82) is 0 Å². The lowest BCUT2D eigenvalue weighted by Gasteiger charge is -2.21. The lowest BCUT2D eigenvalue weighted by atomic mass is 9.85. The lowest BCUT2D eigenvalue weighted by molar-refractivity contribution is -0.484. The summed E-state index contributed by atoms with van der Waals surface area (Å²) < 4.78 is 46.7. The van der Waals surface area contributed by atoms with Crippen LogP contribution in [-0.2, 0) is 25.2 Å². The summed E-state index contributed by atoms with van der Waals surface area (Å²) in [7, 11) is 1.96. The fourth-order valence-electron chi connectivity index (χ4n) is 2.16. The van der Waals surface area contributed by atoms with Crippen molar-refractivity contribution < 1.29 is 37.2 Å². The average Bonchev–Trinajstić information content (AvgIpc) is 2.52. The summed E-state index contributed by atoms with van der Waals surface area (Å²) in [6.07, 6.45) is -4.58. The highest BCUT2D eigenvalue weighted by molar-refractivity contribution is 5.96. The number of nitro groups is 1. The Morgan fingerprint density at radius 1 is 1.12 bits per heavy atom. The highest BCUT2D eigenvalue weighted by Gasteiger charge is 2.41. The summed E-state index contributed by atoms with van der Waals surface area (Å²) in [5, 5.41) is 10.9. The van der Waals surface area contributed by atoms with Crippen LogP contribution in [0.4, 0.5) is 13.2 Å². The van der Waals surface area contributed by atoms with E-state index >= 15 is 0 Å². The van der Waals surface area contributed by atoms with Crippen LogP contribution in [0.3, 0.4) is 0 Å². The monoisotopic (exact) mass is 349 g/mol. The third-order valence-corrected chi connectivity index (χ3v) is 3.32. The van der Waals surface area contributed by atoms with Crippen molar-refractivity contribution in [2.45, 2.75) is 12.1 Å². The Kier molecular flexibility index (Phi) is 6.27. The van der Waals surface area contributed by atoms with Gasteiger partial charge in [-0.05, 0) is 17.7 Å². The molecule has 0 saturated heterocycles. The Labute approximate surface area is 134 Å². The maximum Gasteiger partial charge on any atom is 0.416 e. The van der Waals surface area contributed by atoms with E-state index in [1.807, 2.05) is 0 Å². The maximum atomic E-state index is 12.6. The first-order valence-electron chi connectivity index (χ1n) is 6.56. The second kappa shape index (κ2) is 7.75. The van der Waals surface area contributed by atoms with Crippen molar-refractivity contribution in [3.05, 3.63) is 45.5 Å². The van der Waals surface area contributed by atoms with Crippen LogP contribution in [-0.4, -0.2) is 37.6 Å². The third kappa shape index (κ3) is 4.67. The van der Waals surface area contributed by atoms with Gasteiger partial charge < -0.3 is 9.47 Å². The van der Waals surface area contributed by atoms with Gasteiger partial charge in [-0.3, -0.25) is 19.7 Å². The van der Waals surface area contributed by atoms with Gasteiger partial charge >= 0.3 is 18.1 Å². The quantitative estimate of drug-likeness (QED) is 0.337. The van der Waals surface area contributed by atoms with Crippen LogP contribution >= 0.6 is 0 Å². The molecule has 0 saturated carbocycles. The van der Waals surface area contributed by atoms with Crippen LogP contribution in [0.1, 0.15) is 17.0 Å². The van der Waals surface area contributed by atoms with Crippen molar-refractivity contribution in [3.8, 4) is 0 Å². The normalized spacial score (nSPS) is 12.6. The Morgan fingerprint density at radius 3 is 1.92 bits per heavy atom. The molecule has 1 atom stereocenters. The summed E-state index contributed by atoms with van der Waals surface area (Å²) in [5.74, 6) is -5.15. The minimum atomic E-state index is -4.58. The van der Waals surface area contributed by atoms with E-state index in [4.69, 9.17) is 0 Å². The number of alkyl halides is 3. The number of hydrogen-bond donors (Lipinski definition) is 0. The van der Waals surface area contributed by atoms with E-state index in [-0.39, 0.29) is 5.56 Å². The molecule has 0 N–H and O–H groups in total. The number of carbonyl (C=O) groups excluding carboxylic acids is 2. The van der Waals surface area contributed by atoms with Crippen molar-refractivity contribution >= 4 is 11.9 Å². The first-order valence-corrected chi connectivity index (χ1v) is 6.56. The molecule has 7 nitrogen and oxygen atoms in total. The molecule has 24 heavy (non-hydrogen) atoms. The standard InChI is InChI=1S/C14H14F3NO6/c1-23-12(19)11(13(20)24-2)10(7-18(21)22)8-3-5-9(6-4-8)14(15,16)17/h3-6,10-11H,7H2,1-2H3. The number of hydrogen-bond acceptors (Lipinski definition) is 6. The van der Waals surface area contributed by atoms with Gasteiger partial charge in [-0.2, -0.15) is 13.2 Å². The van der Waals surface area contributed by atoms with E-state index in [1.54, 1.807) is 0 Å². The predicted molar refractivity (Wildman–Crippen MR) is 73.6 cm³/mol. The van der Waals surface area contributed by atoms with Crippen LogP contribution in [0.15, 0.2) is 24.3 Å². The van der Waals surface area contributed by atoms with Crippen molar-refractivity contribution in [3.63, 3.8) is 0 Å². The molecule has 1 aromatic rings. The van der Waals surface area contributed by atoms with Gasteiger partial charge in [-0.15, -0.1) is 0 Å². The van der Waals surface area contributed by atoms with Gasteiger partial charge in [0, 0.05) is 4.92 Å². The Morgan fingerprint density at radius 2 is 1.58 bits per heavy atom. The smallest absolute Gasteiger partial charge is 0.416 e. The number of ether oxygens (including phenoxy) is 2. The largest absolute Gasteiger partial charge is 0.468 e. The van der Waals surface area contributed by atoms with Crippen molar-refractivity contribution in [2.75, 3.05) is 20.8 Å². The molecule has 0 fully saturated rings. The third-order valence-electron chi connectivity index (χ3n) is 3.32. The first kappa shape index (κ1) is 19.4. The molecule has 10 heteroatoms. The molecule has 132 valence electrons. The summed E-state index contributed by atoms with van der Waals surface area (Å²) in [4.78, 5) is 33.7. The zero-order valence-electron chi connectivity index (χ0n) is 12.7. The number of nitrogens with zero attached hydrogens (tertiary/aromatic N) is 1. The van der Waals surface area contributed by atoms with Gasteiger partial charge in [-0.25, -0.2) is 0 Å². The highest BCUT2D eigenvalue weighted by atomic mass is 19.4. The maximum absolute atomic E-state index is 12.6. The molecule has 0 heterocycles. The topological polar surface area (TPSA) is 95.7 Å². The Balaban J connectivity index is 3.31. The Hall–Kier alpha value is -2.65. The van der Waals surface area contributed by atoms with Gasteiger partial charge in [0.2, 0.25) is 6.54 Å². The van der Waals surface area contributed by atoms with E-state index in [0.29, 0.717) is 12.1 Å². The highest BCUT2D eigenvalue weighted by Crippen LogP contribution is 2.32. The molecule has 1 unspecified atom stereocenters. The van der Waals surface area contributed by atoms with E-state index in [9.17, 15) is 32.9 Å². The van der Waals surface area contributed by atoms with Gasteiger partial charge in [-0.1, -0.05) is 12.1 Å². The number of rotatable bonds is 6. The fourth-order valence-corrected chi connectivity index (χ4v) is 2.16. The molecule has 0 aliphatic carbocycles. The molecule has 0 bridgehead atoms.